The number of H-pyrrole nitrogens is 2. The van der Waals surface area contributed by atoms with Crippen molar-refractivity contribution in [3.63, 3.8) is 0 Å². The zero-order valence-corrected chi connectivity index (χ0v) is 33.4. The van der Waals surface area contributed by atoms with Crippen molar-refractivity contribution in [1.29, 1.82) is 0 Å². The first-order valence-corrected chi connectivity index (χ1v) is 20.4. The van der Waals surface area contributed by atoms with Crippen molar-refractivity contribution >= 4 is 33.6 Å². The highest BCUT2D eigenvalue weighted by atomic mass is 16.5. The van der Waals surface area contributed by atoms with E-state index in [4.69, 9.17) is 18.9 Å². The molecule has 6 heterocycles. The molecule has 0 bridgehead atoms. The predicted octanol–water partition coefficient (Wildman–Crippen LogP) is 8.21. The van der Waals surface area contributed by atoms with E-state index >= 15 is 0 Å². The summed E-state index contributed by atoms with van der Waals surface area (Å²) in [6.45, 7) is 5.73. The first-order chi connectivity index (χ1) is 28.5. The minimum Gasteiger partial charge on any atom is -0.497 e. The van der Waals surface area contributed by atoms with Gasteiger partial charge in [0.1, 0.15) is 23.1 Å². The van der Waals surface area contributed by atoms with Crippen molar-refractivity contribution in [2.75, 3.05) is 14.2 Å². The van der Waals surface area contributed by atoms with Crippen LogP contribution in [0.15, 0.2) is 85.5 Å². The SMILES string of the molecule is CC[C@@H]1C[C@H](OCc2ccc(OC)cc2)C[C@@H]1c1nnc2cnc3[nH]ccc3n12.CC[C@H]1C[C@@H](OCc2ccc(OC)cc2)C[C@H]1c1nnc2cnc3[nH]ccc3n12. The Morgan fingerprint density at radius 3 is 1.40 bits per heavy atom. The number of aromatic amines is 2. The van der Waals surface area contributed by atoms with Crippen molar-refractivity contribution in [1.82, 2.24) is 49.1 Å². The molecule has 0 unspecified atom stereocenters. The van der Waals surface area contributed by atoms with Crippen LogP contribution in [0, 0.1) is 11.8 Å². The summed E-state index contributed by atoms with van der Waals surface area (Å²) < 4.78 is 27.3. The summed E-state index contributed by atoms with van der Waals surface area (Å²) in [6.07, 6.45) is 14.1. The lowest BCUT2D eigenvalue weighted by atomic mass is 9.93. The number of fused-ring (bicyclic) bond motifs is 6. The van der Waals surface area contributed by atoms with E-state index in [2.05, 4.69) is 87.2 Å². The molecule has 58 heavy (non-hydrogen) atoms. The number of hydrogen-bond acceptors (Lipinski definition) is 10. The van der Waals surface area contributed by atoms with E-state index in [9.17, 15) is 0 Å². The minimum absolute atomic E-state index is 0.225. The van der Waals surface area contributed by atoms with Gasteiger partial charge in [0.05, 0.1) is 63.1 Å². The van der Waals surface area contributed by atoms with Crippen molar-refractivity contribution < 1.29 is 18.9 Å². The standard InChI is InChI=1S/2C22H25N5O2/c2*1-3-15-10-17(29-13-14-4-6-16(28-2)7-5-14)11-18(15)22-26-25-20-12-24-21-19(27(20)22)8-9-23-21/h2*4-9,12,15,17-18,23H,3,10-11,13H2,1-2H3/t2*15-,17+,18+/m10/s1. The molecule has 8 aromatic rings. The zero-order valence-electron chi connectivity index (χ0n) is 33.4. The molecule has 14 heteroatoms. The van der Waals surface area contributed by atoms with Crippen LogP contribution in [-0.2, 0) is 22.7 Å². The highest BCUT2D eigenvalue weighted by Gasteiger charge is 2.39. The van der Waals surface area contributed by atoms with Crippen LogP contribution in [-0.4, -0.2) is 75.6 Å². The first kappa shape index (κ1) is 37.7. The smallest absolute Gasteiger partial charge is 0.179 e. The molecule has 2 N–H and O–H groups in total. The van der Waals surface area contributed by atoms with Crippen LogP contribution in [0.3, 0.4) is 0 Å². The average molecular weight is 783 g/mol. The summed E-state index contributed by atoms with van der Waals surface area (Å²) >= 11 is 0. The predicted molar refractivity (Wildman–Crippen MR) is 220 cm³/mol. The molecule has 0 saturated heterocycles. The fourth-order valence-electron chi connectivity index (χ4n) is 9.10. The molecule has 0 radical (unpaired) electrons. The van der Waals surface area contributed by atoms with Gasteiger partial charge in [-0.25, -0.2) is 9.97 Å². The summed E-state index contributed by atoms with van der Waals surface area (Å²) in [5.41, 5.74) is 7.69. The van der Waals surface area contributed by atoms with Gasteiger partial charge in [0.15, 0.2) is 22.6 Å². The monoisotopic (exact) mass is 782 g/mol. The third-order valence-corrected chi connectivity index (χ3v) is 12.2. The number of nitrogens with zero attached hydrogens (tertiary/aromatic N) is 8. The molecule has 0 amide bonds. The van der Waals surface area contributed by atoms with Gasteiger partial charge in [0, 0.05) is 24.2 Å². The molecule has 10 rings (SSSR count). The Morgan fingerprint density at radius 2 is 1.00 bits per heavy atom. The van der Waals surface area contributed by atoms with E-state index in [0.29, 0.717) is 36.9 Å². The topological polar surface area (TPSA) is 155 Å². The van der Waals surface area contributed by atoms with Crippen molar-refractivity contribution in [2.24, 2.45) is 11.8 Å². The molecular weight excluding hydrogens is 733 g/mol. The molecule has 0 aliphatic heterocycles. The lowest BCUT2D eigenvalue weighted by Crippen LogP contribution is -2.10. The van der Waals surface area contributed by atoms with Crippen LogP contribution in [0.5, 0.6) is 11.5 Å². The van der Waals surface area contributed by atoms with Gasteiger partial charge in [-0.2, -0.15) is 0 Å². The van der Waals surface area contributed by atoms with Crippen LogP contribution in [0.4, 0.5) is 0 Å². The Hall–Kier alpha value is -5.86. The summed E-state index contributed by atoms with van der Waals surface area (Å²) in [5, 5.41) is 17.9. The first-order valence-electron chi connectivity index (χ1n) is 20.4. The number of hydrogen-bond donors (Lipinski definition) is 2. The Balaban J connectivity index is 0.000000150. The lowest BCUT2D eigenvalue weighted by molar-refractivity contribution is 0.0421. The number of nitrogens with one attached hydrogen (secondary N) is 2. The maximum atomic E-state index is 6.29. The van der Waals surface area contributed by atoms with E-state index in [1.54, 1.807) is 26.6 Å². The van der Waals surface area contributed by atoms with Gasteiger partial charge in [-0.1, -0.05) is 51.0 Å². The van der Waals surface area contributed by atoms with Gasteiger partial charge in [-0.3, -0.25) is 8.80 Å². The number of benzene rings is 2. The van der Waals surface area contributed by atoms with Gasteiger partial charge < -0.3 is 28.9 Å². The Morgan fingerprint density at radius 1 is 0.569 bits per heavy atom. The molecule has 2 aromatic carbocycles. The van der Waals surface area contributed by atoms with E-state index in [0.717, 1.165) is 106 Å². The quantitative estimate of drug-likeness (QED) is 0.124. The molecule has 14 nitrogen and oxygen atoms in total. The fourth-order valence-corrected chi connectivity index (χ4v) is 9.10. The Kier molecular flexibility index (Phi) is 10.8. The maximum Gasteiger partial charge on any atom is 0.179 e. The average Bonchev–Trinajstić information content (AvgIpc) is 4.13. The van der Waals surface area contributed by atoms with Crippen LogP contribution in [0.25, 0.3) is 33.6 Å². The van der Waals surface area contributed by atoms with Crippen molar-refractivity contribution in [2.45, 2.75) is 89.6 Å². The molecule has 2 aliphatic carbocycles. The highest BCUT2D eigenvalue weighted by molar-refractivity contribution is 5.75. The third-order valence-electron chi connectivity index (χ3n) is 12.2. The van der Waals surface area contributed by atoms with Crippen LogP contribution in [0.2, 0.25) is 0 Å². The van der Waals surface area contributed by atoms with E-state index in [1.807, 2.05) is 48.8 Å². The van der Waals surface area contributed by atoms with Crippen molar-refractivity contribution in [3.8, 4) is 11.5 Å². The molecule has 2 aliphatic rings. The van der Waals surface area contributed by atoms with Gasteiger partial charge in [-0.05, 0) is 85.0 Å². The Bertz CT molecular complexity index is 2410. The molecule has 2 fully saturated rings. The number of rotatable bonds is 12. The van der Waals surface area contributed by atoms with Crippen LogP contribution in [0.1, 0.15) is 87.0 Å². The fraction of sp³-hybridized carbons (Fsp3) is 0.409. The highest BCUT2D eigenvalue weighted by Crippen LogP contribution is 2.44. The molecule has 6 aromatic heterocycles. The molecule has 2 saturated carbocycles. The lowest BCUT2D eigenvalue weighted by Gasteiger charge is -2.15. The van der Waals surface area contributed by atoms with Crippen LogP contribution >= 0.6 is 0 Å². The second kappa shape index (κ2) is 16.5. The van der Waals surface area contributed by atoms with Crippen LogP contribution < -0.4 is 9.47 Å². The maximum absolute atomic E-state index is 6.29. The Labute approximate surface area is 336 Å². The number of methoxy groups -OCH3 is 2. The molecule has 6 atom stereocenters. The number of aromatic nitrogens is 10. The summed E-state index contributed by atoms with van der Waals surface area (Å²) in [4.78, 5) is 15.2. The normalized spacial score (nSPS) is 21.9. The second-order valence-corrected chi connectivity index (χ2v) is 15.5. The van der Waals surface area contributed by atoms with E-state index in [-0.39, 0.29) is 12.2 Å². The summed E-state index contributed by atoms with van der Waals surface area (Å²) in [5.74, 6) is 5.50. The molecule has 300 valence electrons. The molecule has 0 spiro atoms. The van der Waals surface area contributed by atoms with E-state index < -0.39 is 0 Å². The molecular formula is C44H50N10O4. The van der Waals surface area contributed by atoms with Gasteiger partial charge in [0.25, 0.3) is 0 Å². The second-order valence-electron chi connectivity index (χ2n) is 15.5. The van der Waals surface area contributed by atoms with E-state index in [1.165, 1.54) is 0 Å². The number of ether oxygens (including phenoxy) is 4. The minimum atomic E-state index is 0.225. The van der Waals surface area contributed by atoms with Crippen molar-refractivity contribution in [3.05, 3.63) is 108 Å². The van der Waals surface area contributed by atoms with Gasteiger partial charge in [-0.15, -0.1) is 20.4 Å². The van der Waals surface area contributed by atoms with Gasteiger partial charge in [0.2, 0.25) is 0 Å². The summed E-state index contributed by atoms with van der Waals surface area (Å²) in [7, 11) is 3.36. The largest absolute Gasteiger partial charge is 0.497 e. The zero-order chi connectivity index (χ0) is 39.6. The van der Waals surface area contributed by atoms with Gasteiger partial charge >= 0.3 is 0 Å². The third kappa shape index (κ3) is 7.37. The summed E-state index contributed by atoms with van der Waals surface area (Å²) in [6, 6.07) is 20.2.